The van der Waals surface area contributed by atoms with Gasteiger partial charge in [-0.2, -0.15) is 5.26 Å². The van der Waals surface area contributed by atoms with E-state index in [0.717, 1.165) is 0 Å². The Bertz CT molecular complexity index is 1150. The summed E-state index contributed by atoms with van der Waals surface area (Å²) in [6.45, 7) is 3.33. The Morgan fingerprint density at radius 2 is 2.00 bits per heavy atom. The van der Waals surface area contributed by atoms with Crippen molar-refractivity contribution < 1.29 is 18.8 Å². The first-order valence-corrected chi connectivity index (χ1v) is 9.41. The van der Waals surface area contributed by atoms with Gasteiger partial charge in [0.1, 0.15) is 23.7 Å². The van der Waals surface area contributed by atoms with E-state index in [9.17, 15) is 14.4 Å². The van der Waals surface area contributed by atoms with Crippen molar-refractivity contribution in [2.75, 3.05) is 5.73 Å². The Labute approximate surface area is 171 Å². The van der Waals surface area contributed by atoms with E-state index in [1.165, 1.54) is 17.0 Å². The van der Waals surface area contributed by atoms with E-state index in [-0.39, 0.29) is 52.5 Å². The molecule has 0 bridgehead atoms. The summed E-state index contributed by atoms with van der Waals surface area (Å²) in [6, 6.07) is 4.94. The normalized spacial score (nSPS) is 20.7. The van der Waals surface area contributed by atoms with Gasteiger partial charge in [-0.25, -0.2) is 9.37 Å². The molecule has 1 saturated heterocycles. The number of nitrogens with zero attached hydrogens (tertiary/aromatic N) is 3. The van der Waals surface area contributed by atoms with E-state index >= 15 is 4.39 Å². The monoisotopic (exact) mass is 407 g/mol. The highest BCUT2D eigenvalue weighted by Crippen LogP contribution is 2.41. The van der Waals surface area contributed by atoms with E-state index in [2.05, 4.69) is 10.3 Å². The maximum Gasteiger partial charge on any atom is 0.255 e. The molecule has 2 atom stereocenters. The number of pyridine rings is 1. The molecule has 2 aliphatic rings. The fraction of sp³-hybridized carbons (Fsp3) is 0.286. The lowest BCUT2D eigenvalue weighted by Crippen LogP contribution is -2.53. The number of imide groups is 1. The summed E-state index contributed by atoms with van der Waals surface area (Å²) in [5.41, 5.74) is 7.38. The van der Waals surface area contributed by atoms with Crippen molar-refractivity contribution in [3.05, 3.63) is 46.3 Å². The zero-order valence-electron chi connectivity index (χ0n) is 16.3. The number of amides is 3. The number of anilines is 1. The Morgan fingerprint density at radius 3 is 2.63 bits per heavy atom. The fourth-order valence-corrected chi connectivity index (χ4v) is 4.18. The number of nitrogen functional groups attached to an aromatic ring is 1. The molecular weight excluding hydrogens is 389 g/mol. The van der Waals surface area contributed by atoms with E-state index in [1.807, 2.05) is 6.07 Å². The highest BCUT2D eigenvalue weighted by Gasteiger charge is 2.44. The number of carbonyl (C=O) groups is 3. The van der Waals surface area contributed by atoms with Crippen molar-refractivity contribution in [1.29, 1.82) is 5.26 Å². The Balaban J connectivity index is 1.77. The zero-order valence-corrected chi connectivity index (χ0v) is 16.3. The van der Waals surface area contributed by atoms with Gasteiger partial charge >= 0.3 is 0 Å². The number of hydrogen-bond donors (Lipinski definition) is 2. The van der Waals surface area contributed by atoms with Gasteiger partial charge in [0.2, 0.25) is 11.8 Å². The van der Waals surface area contributed by atoms with E-state index < -0.39 is 29.7 Å². The van der Waals surface area contributed by atoms with Gasteiger partial charge in [0.25, 0.3) is 5.91 Å². The number of benzene rings is 1. The van der Waals surface area contributed by atoms with Gasteiger partial charge in [-0.3, -0.25) is 19.7 Å². The van der Waals surface area contributed by atoms with Crippen molar-refractivity contribution in [2.24, 2.45) is 0 Å². The number of aromatic nitrogens is 1. The lowest BCUT2D eigenvalue weighted by molar-refractivity contribution is -0.137. The summed E-state index contributed by atoms with van der Waals surface area (Å²) in [5.74, 6) is -2.03. The Kier molecular flexibility index (Phi) is 4.50. The lowest BCUT2D eigenvalue weighted by atomic mass is 9.97. The molecule has 3 amide bonds. The fourth-order valence-electron chi connectivity index (χ4n) is 4.18. The van der Waals surface area contributed by atoms with Crippen molar-refractivity contribution in [1.82, 2.24) is 15.2 Å². The van der Waals surface area contributed by atoms with Crippen LogP contribution in [0.3, 0.4) is 0 Å². The molecule has 1 fully saturated rings. The molecule has 4 rings (SSSR count). The second-order valence-corrected chi connectivity index (χ2v) is 7.44. The van der Waals surface area contributed by atoms with Gasteiger partial charge in [0, 0.05) is 23.1 Å². The largest absolute Gasteiger partial charge is 0.383 e. The minimum atomic E-state index is -0.841. The van der Waals surface area contributed by atoms with Crippen LogP contribution in [0.15, 0.2) is 18.2 Å². The van der Waals surface area contributed by atoms with Gasteiger partial charge in [-0.15, -0.1) is 0 Å². The summed E-state index contributed by atoms with van der Waals surface area (Å²) in [6.07, 6.45) is 0.306. The van der Waals surface area contributed by atoms with Crippen LogP contribution in [0, 0.1) is 24.1 Å². The van der Waals surface area contributed by atoms with Crippen molar-refractivity contribution in [3.63, 3.8) is 0 Å². The average molecular weight is 407 g/mol. The van der Waals surface area contributed by atoms with Crippen LogP contribution in [-0.4, -0.2) is 33.6 Å². The van der Waals surface area contributed by atoms with Crippen molar-refractivity contribution in [2.45, 2.75) is 38.8 Å². The first kappa shape index (κ1) is 19.5. The maximum absolute atomic E-state index is 15.5. The molecule has 152 valence electrons. The van der Waals surface area contributed by atoms with Crippen LogP contribution in [0.25, 0.3) is 11.3 Å². The van der Waals surface area contributed by atoms with Gasteiger partial charge in [-0.05, 0) is 44.0 Å². The van der Waals surface area contributed by atoms with E-state index in [4.69, 9.17) is 11.0 Å². The maximum atomic E-state index is 15.5. The molecule has 0 radical (unpaired) electrons. The molecule has 3 heterocycles. The molecule has 1 aromatic carbocycles. The molecule has 3 N–H and O–H groups in total. The quantitative estimate of drug-likeness (QED) is 0.732. The number of piperidine rings is 1. The lowest BCUT2D eigenvalue weighted by Gasteiger charge is -2.32. The molecule has 2 aliphatic heterocycles. The molecule has 0 spiro atoms. The first-order chi connectivity index (χ1) is 14.2. The zero-order chi connectivity index (χ0) is 21.7. The number of rotatable bonds is 2. The predicted octanol–water partition coefficient (Wildman–Crippen LogP) is 1.97. The van der Waals surface area contributed by atoms with Gasteiger partial charge in [0.05, 0.1) is 17.3 Å². The number of nitriles is 1. The predicted molar refractivity (Wildman–Crippen MR) is 104 cm³/mol. The highest BCUT2D eigenvalue weighted by atomic mass is 19.1. The molecule has 1 unspecified atom stereocenters. The van der Waals surface area contributed by atoms with Crippen LogP contribution >= 0.6 is 0 Å². The molecule has 30 heavy (non-hydrogen) atoms. The smallest absolute Gasteiger partial charge is 0.255 e. The Morgan fingerprint density at radius 1 is 1.30 bits per heavy atom. The minimum Gasteiger partial charge on any atom is -0.383 e. The average Bonchev–Trinajstić information content (AvgIpc) is 2.93. The molecular formula is C21H18FN5O3. The number of nitrogens with two attached hydrogens (primary N) is 1. The topological polar surface area (TPSA) is 129 Å². The molecule has 9 heteroatoms. The van der Waals surface area contributed by atoms with Gasteiger partial charge in [-0.1, -0.05) is 0 Å². The van der Waals surface area contributed by atoms with Crippen molar-refractivity contribution >= 4 is 23.5 Å². The summed E-state index contributed by atoms with van der Waals surface area (Å²) in [7, 11) is 0. The second-order valence-electron chi connectivity index (χ2n) is 7.44. The number of carbonyl (C=O) groups excluding carboxylic acids is 3. The van der Waals surface area contributed by atoms with E-state index in [0.29, 0.717) is 5.56 Å². The molecule has 0 saturated carbocycles. The molecule has 0 aliphatic carbocycles. The van der Waals surface area contributed by atoms with Crippen LogP contribution in [0.2, 0.25) is 0 Å². The third-order valence-electron chi connectivity index (χ3n) is 5.66. The third-order valence-corrected chi connectivity index (χ3v) is 5.66. The van der Waals surface area contributed by atoms with Crippen LogP contribution < -0.4 is 11.1 Å². The SMILES string of the molecule is Cc1cc(-c2ccc3c(c2F)[C@@H](C)N(C2CCC(=O)NC2=O)C3=O)nc(N)c1C#N. The number of aryl methyl sites for hydroxylation is 1. The van der Waals surface area contributed by atoms with Gasteiger partial charge in [0.15, 0.2) is 0 Å². The molecule has 1 aromatic heterocycles. The van der Waals surface area contributed by atoms with Crippen molar-refractivity contribution in [3.8, 4) is 17.3 Å². The summed E-state index contributed by atoms with van der Waals surface area (Å²) < 4.78 is 15.5. The summed E-state index contributed by atoms with van der Waals surface area (Å²) in [5, 5.41) is 11.4. The third kappa shape index (κ3) is 2.80. The molecule has 8 nitrogen and oxygen atoms in total. The number of nitrogens with one attached hydrogen (secondary N) is 1. The minimum absolute atomic E-state index is 0.00157. The highest BCUT2D eigenvalue weighted by molar-refractivity contribution is 6.06. The standard InChI is InChI=1S/C21H18FN5O3/c1-9-7-14(25-19(24)13(9)8-23)11-3-4-12-17(18(11)22)10(2)27(21(12)30)15-5-6-16(28)26-20(15)29/h3-4,7,10,15H,5-6H2,1-2H3,(H2,24,25)(H,26,28,29)/t10-,15?/m1/s1. The van der Waals surface area contributed by atoms with Crippen LogP contribution in [0.1, 0.15) is 52.9 Å². The number of halogens is 1. The summed E-state index contributed by atoms with van der Waals surface area (Å²) >= 11 is 0. The second kappa shape index (κ2) is 6.91. The number of fused-ring (bicyclic) bond motifs is 1. The Hall–Kier alpha value is -3.80. The van der Waals surface area contributed by atoms with Crippen LogP contribution in [0.5, 0.6) is 0 Å². The van der Waals surface area contributed by atoms with E-state index in [1.54, 1.807) is 19.9 Å². The van der Waals surface area contributed by atoms with Gasteiger partial charge < -0.3 is 10.6 Å². The van der Waals surface area contributed by atoms with Crippen LogP contribution in [-0.2, 0) is 9.59 Å². The first-order valence-electron chi connectivity index (χ1n) is 9.41. The van der Waals surface area contributed by atoms with Crippen LogP contribution in [0.4, 0.5) is 10.2 Å². The molecule has 2 aromatic rings. The number of hydrogen-bond acceptors (Lipinski definition) is 6. The summed E-state index contributed by atoms with van der Waals surface area (Å²) in [4.78, 5) is 42.1.